The maximum absolute atomic E-state index is 13.3. The number of aliphatic carboxylic acids is 1. The summed E-state index contributed by atoms with van der Waals surface area (Å²) < 4.78 is 47.2. The van der Waals surface area contributed by atoms with Crippen molar-refractivity contribution >= 4 is 28.7 Å². The lowest BCUT2D eigenvalue weighted by molar-refractivity contribution is -0.139. The Morgan fingerprint density at radius 2 is 1.71 bits per heavy atom. The molecule has 180 valence electrons. The first-order valence-electron chi connectivity index (χ1n) is 10.7. The van der Waals surface area contributed by atoms with E-state index in [9.17, 15) is 18.0 Å². The van der Waals surface area contributed by atoms with Gasteiger partial charge in [-0.1, -0.05) is 48.5 Å². The number of rotatable bonds is 8. The summed E-state index contributed by atoms with van der Waals surface area (Å²) in [6.07, 6.45) is -4.49. The quantitative estimate of drug-likeness (QED) is 0.263. The lowest BCUT2D eigenvalue weighted by Gasteiger charge is -2.18. The number of carbonyl (C=O) groups is 1. The topological polar surface area (TPSA) is 49.8 Å². The van der Waals surface area contributed by atoms with Gasteiger partial charge in [-0.25, -0.2) is 9.10 Å². The Labute approximate surface area is 205 Å². The van der Waals surface area contributed by atoms with E-state index in [1.54, 1.807) is 36.2 Å². The third kappa shape index (κ3) is 6.35. The fourth-order valence-electron chi connectivity index (χ4n) is 3.72. The van der Waals surface area contributed by atoms with Gasteiger partial charge in [0, 0.05) is 17.0 Å². The van der Waals surface area contributed by atoms with Crippen molar-refractivity contribution in [3.05, 3.63) is 96.1 Å². The summed E-state index contributed by atoms with van der Waals surface area (Å²) in [6.45, 7) is -0.0916. The van der Waals surface area contributed by atoms with Gasteiger partial charge >= 0.3 is 12.1 Å². The minimum absolute atomic E-state index is 0.209. The molecule has 0 aromatic heterocycles. The predicted octanol–water partition coefficient (Wildman–Crippen LogP) is 7.13. The summed E-state index contributed by atoms with van der Waals surface area (Å²) in [5, 5.41) is 11.3. The first-order chi connectivity index (χ1) is 16.7. The monoisotopic (exact) mass is 497 g/mol. The van der Waals surface area contributed by atoms with Gasteiger partial charge in [0.05, 0.1) is 5.56 Å². The van der Waals surface area contributed by atoms with E-state index in [0.717, 1.165) is 33.4 Å². The molecule has 0 saturated heterocycles. The van der Waals surface area contributed by atoms with Gasteiger partial charge in [-0.05, 0) is 77.3 Å². The molecule has 4 aromatic rings. The van der Waals surface area contributed by atoms with Gasteiger partial charge in [-0.15, -0.1) is 0 Å². The maximum atomic E-state index is 13.3. The highest BCUT2D eigenvalue weighted by Gasteiger charge is 2.30. The van der Waals surface area contributed by atoms with Crippen LogP contribution in [0.15, 0.2) is 89.8 Å². The molecule has 0 unspecified atom stereocenters. The molecule has 0 radical (unpaired) electrons. The van der Waals surface area contributed by atoms with Crippen molar-refractivity contribution in [2.45, 2.75) is 17.6 Å². The molecule has 0 aliphatic rings. The third-order valence-electron chi connectivity index (χ3n) is 5.28. The highest BCUT2D eigenvalue weighted by Crippen LogP contribution is 2.36. The zero-order valence-corrected chi connectivity index (χ0v) is 19.6. The normalized spacial score (nSPS) is 11.7. The third-order valence-corrected chi connectivity index (χ3v) is 6.19. The second-order valence-corrected chi connectivity index (χ2v) is 9.26. The van der Waals surface area contributed by atoms with Gasteiger partial charge in [-0.3, -0.25) is 0 Å². The molecule has 4 nitrogen and oxygen atoms in total. The fourth-order valence-corrected chi connectivity index (χ4v) is 4.61. The van der Waals surface area contributed by atoms with E-state index >= 15 is 0 Å². The second-order valence-electron chi connectivity index (χ2n) is 7.98. The van der Waals surface area contributed by atoms with Crippen molar-refractivity contribution in [2.75, 3.05) is 13.7 Å². The lowest BCUT2D eigenvalue weighted by atomic mass is 9.99. The highest BCUT2D eigenvalue weighted by molar-refractivity contribution is 7.97. The van der Waals surface area contributed by atoms with Crippen molar-refractivity contribution < 1.29 is 27.8 Å². The van der Waals surface area contributed by atoms with Crippen LogP contribution in [0.2, 0.25) is 0 Å². The molecule has 1 N–H and O–H groups in total. The number of hydrogen-bond acceptors (Lipinski definition) is 4. The number of nitrogens with zero attached hydrogens (tertiary/aromatic N) is 1. The summed E-state index contributed by atoms with van der Waals surface area (Å²) in [5.74, 6) is -0.962. The summed E-state index contributed by atoms with van der Waals surface area (Å²) in [5.41, 5.74) is 0.760. The van der Waals surface area contributed by atoms with Crippen molar-refractivity contribution in [1.82, 2.24) is 4.31 Å². The number of fused-ring (bicyclic) bond motifs is 1. The number of hydrogen-bond donors (Lipinski definition) is 1. The lowest BCUT2D eigenvalue weighted by Crippen LogP contribution is -2.11. The maximum Gasteiger partial charge on any atom is 0.416 e. The van der Waals surface area contributed by atoms with Gasteiger partial charge < -0.3 is 9.84 Å². The van der Waals surface area contributed by atoms with Crippen LogP contribution in [0.3, 0.4) is 0 Å². The summed E-state index contributed by atoms with van der Waals surface area (Å²) in [7, 11) is 1.93. The highest BCUT2D eigenvalue weighted by atomic mass is 32.2. The van der Waals surface area contributed by atoms with Crippen LogP contribution in [-0.4, -0.2) is 29.0 Å². The van der Waals surface area contributed by atoms with Crippen LogP contribution in [0.5, 0.6) is 5.75 Å². The molecule has 4 aromatic carbocycles. The number of carboxylic acid groups (broad SMARTS) is 1. The number of ether oxygens (including phenoxy) is 1. The van der Waals surface area contributed by atoms with E-state index in [4.69, 9.17) is 9.84 Å². The molecule has 0 amide bonds. The zero-order chi connectivity index (χ0) is 25.0. The number of benzene rings is 4. The summed E-state index contributed by atoms with van der Waals surface area (Å²) in [4.78, 5) is 12.1. The Bertz CT molecular complexity index is 1360. The largest absolute Gasteiger partial charge is 0.481 e. The van der Waals surface area contributed by atoms with E-state index in [-0.39, 0.29) is 5.75 Å². The van der Waals surface area contributed by atoms with E-state index in [1.807, 2.05) is 29.6 Å². The Hall–Kier alpha value is -3.49. The summed E-state index contributed by atoms with van der Waals surface area (Å²) >= 11 is 1.55. The molecular formula is C27H22F3NO3S. The second kappa shape index (κ2) is 10.4. The molecule has 0 aliphatic carbocycles. The average molecular weight is 498 g/mol. The van der Waals surface area contributed by atoms with Crippen LogP contribution in [0.1, 0.15) is 11.1 Å². The molecular weight excluding hydrogens is 475 g/mol. The molecule has 35 heavy (non-hydrogen) atoms. The SMILES string of the molecule is CN(Cc1ccc(OCC(=O)O)c(-c2cccc(C(F)(F)F)c2)c1)Sc1ccc2ccccc2c1. The molecule has 0 atom stereocenters. The van der Waals surface area contributed by atoms with E-state index in [2.05, 4.69) is 24.3 Å². The first kappa shape index (κ1) is 24.6. The van der Waals surface area contributed by atoms with Crippen LogP contribution >= 0.6 is 11.9 Å². The van der Waals surface area contributed by atoms with E-state index < -0.39 is 24.3 Å². The molecule has 0 fully saturated rings. The Balaban J connectivity index is 1.59. The number of halogens is 3. The number of carboxylic acids is 1. The molecule has 0 saturated carbocycles. The number of alkyl halides is 3. The van der Waals surface area contributed by atoms with Crippen molar-refractivity contribution in [1.29, 1.82) is 0 Å². The van der Waals surface area contributed by atoms with Crippen LogP contribution < -0.4 is 4.74 Å². The predicted molar refractivity (Wildman–Crippen MR) is 131 cm³/mol. The van der Waals surface area contributed by atoms with Gasteiger partial charge in [0.1, 0.15) is 5.75 Å². The van der Waals surface area contributed by atoms with Crippen molar-refractivity contribution in [2.24, 2.45) is 0 Å². The molecule has 0 spiro atoms. The molecule has 0 bridgehead atoms. The molecule has 0 heterocycles. The van der Waals surface area contributed by atoms with E-state index in [0.29, 0.717) is 17.7 Å². The minimum Gasteiger partial charge on any atom is -0.481 e. The van der Waals surface area contributed by atoms with Crippen LogP contribution in [-0.2, 0) is 17.5 Å². The Morgan fingerprint density at radius 3 is 2.46 bits per heavy atom. The minimum atomic E-state index is -4.49. The van der Waals surface area contributed by atoms with E-state index in [1.165, 1.54) is 6.07 Å². The van der Waals surface area contributed by atoms with Gasteiger partial charge in [0.2, 0.25) is 0 Å². The Kier molecular flexibility index (Phi) is 7.33. The van der Waals surface area contributed by atoms with Crippen LogP contribution in [0.25, 0.3) is 21.9 Å². The van der Waals surface area contributed by atoms with Gasteiger partial charge in [0.25, 0.3) is 0 Å². The smallest absolute Gasteiger partial charge is 0.416 e. The van der Waals surface area contributed by atoms with Gasteiger partial charge in [-0.2, -0.15) is 13.2 Å². The molecule has 8 heteroatoms. The molecule has 0 aliphatic heterocycles. The van der Waals surface area contributed by atoms with Crippen LogP contribution in [0.4, 0.5) is 13.2 Å². The van der Waals surface area contributed by atoms with Crippen molar-refractivity contribution in [3.63, 3.8) is 0 Å². The molecule has 4 rings (SSSR count). The van der Waals surface area contributed by atoms with Crippen LogP contribution in [0, 0.1) is 0 Å². The average Bonchev–Trinajstić information content (AvgIpc) is 2.82. The van der Waals surface area contributed by atoms with Crippen molar-refractivity contribution in [3.8, 4) is 16.9 Å². The fraction of sp³-hybridized carbons (Fsp3) is 0.148. The first-order valence-corrected chi connectivity index (χ1v) is 11.5. The summed E-state index contributed by atoms with van der Waals surface area (Å²) in [6, 6.07) is 24.3. The zero-order valence-electron chi connectivity index (χ0n) is 18.8. The van der Waals surface area contributed by atoms with Gasteiger partial charge in [0.15, 0.2) is 6.61 Å². The Morgan fingerprint density at radius 1 is 0.943 bits per heavy atom. The standard InChI is InChI=1S/C27H22F3NO3S/c1-31(35-23-11-10-19-5-2-3-6-20(19)15-23)16-18-9-12-25(34-17-26(32)33)24(13-18)21-7-4-8-22(14-21)27(28,29)30/h2-15H,16-17H2,1H3,(H,32,33).